The van der Waals surface area contributed by atoms with E-state index in [9.17, 15) is 0 Å². The molecule has 1 aromatic heterocycles. The van der Waals surface area contributed by atoms with Gasteiger partial charge in [-0.3, -0.25) is 4.68 Å². The Kier molecular flexibility index (Phi) is 1.99. The Labute approximate surface area is 88.3 Å². The van der Waals surface area contributed by atoms with Gasteiger partial charge in [0.2, 0.25) is 0 Å². The van der Waals surface area contributed by atoms with Crippen LogP contribution >= 0.6 is 0 Å². The number of hydrogen-bond donors (Lipinski definition) is 1. The van der Waals surface area contributed by atoms with Crippen LogP contribution in [0.1, 0.15) is 18.9 Å². The predicted octanol–water partition coefficient (Wildman–Crippen LogP) is 1.98. The first kappa shape index (κ1) is 8.92. The van der Waals surface area contributed by atoms with Crippen molar-refractivity contribution >= 4 is 10.9 Å². The average Bonchev–Trinajstić information content (AvgIpc) is 2.61. The fourth-order valence-corrected chi connectivity index (χ4v) is 2.33. The Bertz CT molecular complexity index is 471. The highest BCUT2D eigenvalue weighted by atomic mass is 16.3. The van der Waals surface area contributed by atoms with Crippen molar-refractivity contribution in [3.63, 3.8) is 0 Å². The van der Waals surface area contributed by atoms with Gasteiger partial charge in [0.1, 0.15) is 0 Å². The Morgan fingerprint density at radius 3 is 2.93 bits per heavy atom. The van der Waals surface area contributed by atoms with Crippen molar-refractivity contribution in [3.05, 3.63) is 30.5 Å². The maximum Gasteiger partial charge on any atom is 0.0685 e. The van der Waals surface area contributed by atoms with Crippen LogP contribution in [0.25, 0.3) is 10.9 Å². The maximum atomic E-state index is 8.98. The lowest BCUT2D eigenvalue weighted by molar-refractivity contribution is 0.108. The molecule has 3 rings (SSSR count). The summed E-state index contributed by atoms with van der Waals surface area (Å²) in [7, 11) is 0. The molecule has 0 radical (unpaired) electrons. The first-order valence-electron chi connectivity index (χ1n) is 5.41. The van der Waals surface area contributed by atoms with Gasteiger partial charge >= 0.3 is 0 Å². The van der Waals surface area contributed by atoms with Gasteiger partial charge < -0.3 is 5.11 Å². The molecule has 1 aromatic carbocycles. The summed E-state index contributed by atoms with van der Waals surface area (Å²) in [6, 6.07) is 8.76. The standard InChI is InChI=1S/C12H14N2O/c15-8-9-5-11(6-9)14-12-4-2-1-3-10(12)7-13-14/h1-4,7,9,11,15H,5-6,8H2. The Morgan fingerprint density at radius 1 is 1.33 bits per heavy atom. The molecule has 0 aliphatic heterocycles. The molecule has 3 nitrogen and oxygen atoms in total. The summed E-state index contributed by atoms with van der Waals surface area (Å²) in [4.78, 5) is 0. The minimum Gasteiger partial charge on any atom is -0.396 e. The van der Waals surface area contributed by atoms with Crippen LogP contribution in [0.2, 0.25) is 0 Å². The molecular formula is C12H14N2O. The molecule has 0 unspecified atom stereocenters. The summed E-state index contributed by atoms with van der Waals surface area (Å²) in [5.41, 5.74) is 1.21. The van der Waals surface area contributed by atoms with E-state index in [4.69, 9.17) is 5.11 Å². The molecule has 1 fully saturated rings. The van der Waals surface area contributed by atoms with E-state index < -0.39 is 0 Å². The molecule has 0 bridgehead atoms. The highest BCUT2D eigenvalue weighted by Gasteiger charge is 2.30. The molecule has 0 saturated heterocycles. The van der Waals surface area contributed by atoms with Gasteiger partial charge in [-0.2, -0.15) is 5.10 Å². The van der Waals surface area contributed by atoms with Crippen molar-refractivity contribution in [2.45, 2.75) is 18.9 Å². The number of fused-ring (bicyclic) bond motifs is 1. The number of aliphatic hydroxyl groups excluding tert-OH is 1. The summed E-state index contributed by atoms with van der Waals surface area (Å²) in [5.74, 6) is 0.484. The molecular weight excluding hydrogens is 188 g/mol. The summed E-state index contributed by atoms with van der Waals surface area (Å²) in [6.45, 7) is 0.315. The van der Waals surface area contributed by atoms with E-state index in [0.717, 1.165) is 12.8 Å². The van der Waals surface area contributed by atoms with Crippen LogP contribution < -0.4 is 0 Å². The van der Waals surface area contributed by atoms with Crippen molar-refractivity contribution in [1.29, 1.82) is 0 Å². The first-order valence-corrected chi connectivity index (χ1v) is 5.41. The fourth-order valence-electron chi connectivity index (χ4n) is 2.33. The lowest BCUT2D eigenvalue weighted by atomic mass is 9.81. The minimum atomic E-state index is 0.315. The predicted molar refractivity (Wildman–Crippen MR) is 58.6 cm³/mol. The normalized spacial score (nSPS) is 25.4. The van der Waals surface area contributed by atoms with E-state index in [0.29, 0.717) is 18.6 Å². The molecule has 1 saturated carbocycles. The average molecular weight is 202 g/mol. The Balaban J connectivity index is 1.92. The molecule has 0 atom stereocenters. The fraction of sp³-hybridized carbons (Fsp3) is 0.417. The molecule has 78 valence electrons. The quantitative estimate of drug-likeness (QED) is 0.808. The summed E-state index contributed by atoms with van der Waals surface area (Å²) in [5, 5.41) is 14.6. The van der Waals surface area contributed by atoms with E-state index in [1.807, 2.05) is 18.3 Å². The molecule has 3 heteroatoms. The molecule has 0 spiro atoms. The van der Waals surface area contributed by atoms with Gasteiger partial charge in [0.05, 0.1) is 17.8 Å². The monoisotopic (exact) mass is 202 g/mol. The summed E-state index contributed by atoms with van der Waals surface area (Å²) >= 11 is 0. The number of aliphatic hydroxyl groups is 1. The van der Waals surface area contributed by atoms with Crippen LogP contribution in [0.15, 0.2) is 30.5 Å². The van der Waals surface area contributed by atoms with Crippen molar-refractivity contribution in [1.82, 2.24) is 9.78 Å². The lowest BCUT2D eigenvalue weighted by Crippen LogP contribution is -2.29. The second-order valence-electron chi connectivity index (χ2n) is 4.32. The molecule has 1 heterocycles. The number of rotatable bonds is 2. The second kappa shape index (κ2) is 3.35. The third-order valence-corrected chi connectivity index (χ3v) is 3.32. The van der Waals surface area contributed by atoms with Gasteiger partial charge in [-0.15, -0.1) is 0 Å². The van der Waals surface area contributed by atoms with Crippen LogP contribution in [0.4, 0.5) is 0 Å². The van der Waals surface area contributed by atoms with Gasteiger partial charge in [0, 0.05) is 12.0 Å². The topological polar surface area (TPSA) is 38.0 Å². The van der Waals surface area contributed by atoms with Crippen LogP contribution in [-0.2, 0) is 0 Å². The lowest BCUT2D eigenvalue weighted by Gasteiger charge is -2.34. The van der Waals surface area contributed by atoms with E-state index in [2.05, 4.69) is 21.9 Å². The number of para-hydroxylation sites is 1. The molecule has 1 aliphatic rings. The van der Waals surface area contributed by atoms with Gasteiger partial charge in [0.25, 0.3) is 0 Å². The van der Waals surface area contributed by atoms with Gasteiger partial charge in [-0.05, 0) is 24.8 Å². The van der Waals surface area contributed by atoms with Gasteiger partial charge in [-0.1, -0.05) is 18.2 Å². The molecule has 2 aromatic rings. The Morgan fingerprint density at radius 2 is 2.13 bits per heavy atom. The number of hydrogen-bond acceptors (Lipinski definition) is 2. The number of nitrogens with zero attached hydrogens (tertiary/aromatic N) is 2. The van der Waals surface area contributed by atoms with E-state index in [-0.39, 0.29) is 0 Å². The van der Waals surface area contributed by atoms with Gasteiger partial charge in [-0.25, -0.2) is 0 Å². The van der Waals surface area contributed by atoms with Crippen molar-refractivity contribution in [2.75, 3.05) is 6.61 Å². The highest BCUT2D eigenvalue weighted by Crippen LogP contribution is 2.38. The molecule has 1 N–H and O–H groups in total. The SMILES string of the molecule is OCC1CC(n2ncc3ccccc32)C1. The van der Waals surface area contributed by atoms with E-state index >= 15 is 0 Å². The van der Waals surface area contributed by atoms with Crippen molar-refractivity contribution in [2.24, 2.45) is 5.92 Å². The zero-order valence-corrected chi connectivity index (χ0v) is 8.50. The largest absolute Gasteiger partial charge is 0.396 e. The second-order valence-corrected chi connectivity index (χ2v) is 4.32. The summed E-state index contributed by atoms with van der Waals surface area (Å²) in [6.07, 6.45) is 4.03. The van der Waals surface area contributed by atoms with E-state index in [1.54, 1.807) is 0 Å². The third-order valence-electron chi connectivity index (χ3n) is 3.32. The molecule has 1 aliphatic carbocycles. The number of aromatic nitrogens is 2. The zero-order chi connectivity index (χ0) is 10.3. The highest BCUT2D eigenvalue weighted by molar-refractivity contribution is 5.78. The van der Waals surface area contributed by atoms with Crippen molar-refractivity contribution < 1.29 is 5.11 Å². The van der Waals surface area contributed by atoms with Crippen LogP contribution in [0, 0.1) is 5.92 Å². The van der Waals surface area contributed by atoms with Crippen molar-refractivity contribution in [3.8, 4) is 0 Å². The van der Waals surface area contributed by atoms with Gasteiger partial charge in [0.15, 0.2) is 0 Å². The van der Waals surface area contributed by atoms with Crippen LogP contribution in [-0.4, -0.2) is 21.5 Å². The maximum absolute atomic E-state index is 8.98. The van der Waals surface area contributed by atoms with E-state index in [1.165, 1.54) is 10.9 Å². The summed E-state index contributed by atoms with van der Waals surface area (Å²) < 4.78 is 2.10. The third kappa shape index (κ3) is 1.35. The van der Waals surface area contributed by atoms with Crippen LogP contribution in [0.3, 0.4) is 0 Å². The number of benzene rings is 1. The Hall–Kier alpha value is -1.35. The molecule has 0 amide bonds. The zero-order valence-electron chi connectivity index (χ0n) is 8.50. The minimum absolute atomic E-state index is 0.315. The smallest absolute Gasteiger partial charge is 0.0685 e. The molecule has 15 heavy (non-hydrogen) atoms. The van der Waals surface area contributed by atoms with Crippen LogP contribution in [0.5, 0.6) is 0 Å². The first-order chi connectivity index (χ1) is 7.38.